The highest BCUT2D eigenvalue weighted by Crippen LogP contribution is 2.45. The van der Waals surface area contributed by atoms with Crippen LogP contribution in [0.2, 0.25) is 0 Å². The first-order chi connectivity index (χ1) is 10.1. The molecule has 1 atom stereocenters. The predicted molar refractivity (Wildman–Crippen MR) is 73.2 cm³/mol. The molecule has 0 spiro atoms. The van der Waals surface area contributed by atoms with Gasteiger partial charge in [-0.1, -0.05) is 0 Å². The van der Waals surface area contributed by atoms with E-state index in [4.69, 9.17) is 24.1 Å². The minimum atomic E-state index is -0.600. The van der Waals surface area contributed by atoms with Crippen LogP contribution in [0.3, 0.4) is 0 Å². The number of esters is 2. The maximum atomic E-state index is 11.9. The molecule has 1 N–H and O–H groups in total. The lowest BCUT2D eigenvalue weighted by atomic mass is 10.3. The van der Waals surface area contributed by atoms with Gasteiger partial charge in [0, 0.05) is 0 Å². The monoisotopic (exact) mass is 316 g/mol. The molecule has 7 nitrogen and oxygen atoms in total. The Kier molecular flexibility index (Phi) is 5.03. The van der Waals surface area contributed by atoms with Gasteiger partial charge in [0.2, 0.25) is 0 Å². The lowest BCUT2D eigenvalue weighted by molar-refractivity contribution is 0.0373. The number of carbonyl (C=O) groups is 2. The third-order valence-corrected chi connectivity index (χ3v) is 3.76. The van der Waals surface area contributed by atoms with Crippen molar-refractivity contribution in [2.24, 2.45) is 0 Å². The van der Waals surface area contributed by atoms with E-state index in [1.54, 1.807) is 13.8 Å². The first kappa shape index (κ1) is 15.6. The van der Waals surface area contributed by atoms with Crippen LogP contribution in [0.25, 0.3) is 0 Å². The fourth-order valence-corrected chi connectivity index (χ4v) is 2.73. The van der Waals surface area contributed by atoms with Crippen molar-refractivity contribution in [3.8, 4) is 11.5 Å². The Morgan fingerprint density at radius 3 is 2.29 bits per heavy atom. The van der Waals surface area contributed by atoms with Crippen molar-refractivity contribution < 1.29 is 33.6 Å². The third kappa shape index (κ3) is 3.11. The number of hydrogen-bond acceptors (Lipinski definition) is 8. The van der Waals surface area contributed by atoms with E-state index in [0.29, 0.717) is 0 Å². The van der Waals surface area contributed by atoms with Gasteiger partial charge in [-0.2, -0.15) is 0 Å². The van der Waals surface area contributed by atoms with Gasteiger partial charge in [-0.25, -0.2) is 9.59 Å². The van der Waals surface area contributed by atoms with Gasteiger partial charge >= 0.3 is 11.9 Å². The van der Waals surface area contributed by atoms with Crippen molar-refractivity contribution in [1.82, 2.24) is 0 Å². The number of aliphatic hydroxyl groups is 1. The van der Waals surface area contributed by atoms with Crippen LogP contribution in [0.5, 0.6) is 11.5 Å². The van der Waals surface area contributed by atoms with Crippen LogP contribution in [0.1, 0.15) is 33.2 Å². The second-order valence-corrected chi connectivity index (χ2v) is 5.11. The fraction of sp³-hybridized carbons (Fsp3) is 0.538. The standard InChI is InChI=1S/C13H16O7S/c1-3-17-12(15)10-8-9(20-7(5-14)6-19-8)11(21-10)13(16)18-4-2/h7,14H,3-6H2,1-2H3/t7-/m1/s1. The van der Waals surface area contributed by atoms with E-state index in [0.717, 1.165) is 11.3 Å². The number of aliphatic hydroxyl groups excluding tert-OH is 1. The molecule has 21 heavy (non-hydrogen) atoms. The quantitative estimate of drug-likeness (QED) is 0.817. The smallest absolute Gasteiger partial charge is 0.352 e. The summed E-state index contributed by atoms with van der Waals surface area (Å²) in [6, 6.07) is 0. The van der Waals surface area contributed by atoms with Crippen molar-refractivity contribution in [1.29, 1.82) is 0 Å². The van der Waals surface area contributed by atoms with Gasteiger partial charge in [0.15, 0.2) is 27.4 Å². The maximum absolute atomic E-state index is 11.9. The normalized spacial score (nSPS) is 16.4. The van der Waals surface area contributed by atoms with E-state index in [1.807, 2.05) is 0 Å². The molecule has 0 fully saturated rings. The lowest BCUT2D eigenvalue weighted by Gasteiger charge is -2.23. The Morgan fingerprint density at radius 2 is 1.76 bits per heavy atom. The van der Waals surface area contributed by atoms with Gasteiger partial charge in [-0.05, 0) is 13.8 Å². The van der Waals surface area contributed by atoms with E-state index in [-0.39, 0.29) is 47.7 Å². The summed E-state index contributed by atoms with van der Waals surface area (Å²) in [6.07, 6.45) is -0.588. The molecule has 0 bridgehead atoms. The number of ether oxygens (including phenoxy) is 4. The highest BCUT2D eigenvalue weighted by molar-refractivity contribution is 7.16. The van der Waals surface area contributed by atoms with Crippen LogP contribution in [0, 0.1) is 0 Å². The summed E-state index contributed by atoms with van der Waals surface area (Å²) in [4.78, 5) is 24.1. The zero-order chi connectivity index (χ0) is 15.4. The molecule has 0 unspecified atom stereocenters. The molecule has 1 aromatic rings. The van der Waals surface area contributed by atoms with E-state index < -0.39 is 18.0 Å². The van der Waals surface area contributed by atoms with Gasteiger partial charge in [0.25, 0.3) is 0 Å². The minimum absolute atomic E-state index is 0.0922. The second-order valence-electron chi connectivity index (χ2n) is 4.09. The highest BCUT2D eigenvalue weighted by Gasteiger charge is 2.35. The van der Waals surface area contributed by atoms with Crippen LogP contribution < -0.4 is 9.47 Å². The Labute approximate surface area is 125 Å². The number of hydrogen-bond donors (Lipinski definition) is 1. The SMILES string of the molecule is CCOC(=O)c1sc(C(=O)OCC)c2c1OC[C@@H](CO)O2. The molecule has 0 aromatic carbocycles. The van der Waals surface area contributed by atoms with E-state index in [2.05, 4.69) is 0 Å². The average molecular weight is 316 g/mol. The van der Waals surface area contributed by atoms with Crippen molar-refractivity contribution >= 4 is 23.3 Å². The molecule has 0 amide bonds. The molecule has 0 aliphatic carbocycles. The van der Waals surface area contributed by atoms with Gasteiger partial charge in [0.05, 0.1) is 19.8 Å². The van der Waals surface area contributed by atoms with Crippen LogP contribution in [0.15, 0.2) is 0 Å². The number of rotatable bonds is 5. The Hall–Kier alpha value is -1.80. The Balaban J connectivity index is 2.41. The minimum Gasteiger partial charge on any atom is -0.484 e. The topological polar surface area (TPSA) is 91.3 Å². The van der Waals surface area contributed by atoms with Crippen molar-refractivity contribution in [2.45, 2.75) is 20.0 Å². The lowest BCUT2D eigenvalue weighted by Crippen LogP contribution is -2.32. The molecular formula is C13H16O7S. The van der Waals surface area contributed by atoms with Gasteiger partial charge in [-0.3, -0.25) is 0 Å². The largest absolute Gasteiger partial charge is 0.484 e. The molecule has 0 saturated carbocycles. The van der Waals surface area contributed by atoms with Crippen molar-refractivity contribution in [2.75, 3.05) is 26.4 Å². The van der Waals surface area contributed by atoms with Crippen LogP contribution in [-0.2, 0) is 9.47 Å². The van der Waals surface area contributed by atoms with Crippen molar-refractivity contribution in [3.05, 3.63) is 9.75 Å². The summed E-state index contributed by atoms with van der Waals surface area (Å²) >= 11 is 0.903. The van der Waals surface area contributed by atoms with E-state index in [9.17, 15) is 9.59 Å². The average Bonchev–Trinajstić information content (AvgIpc) is 2.86. The molecule has 2 heterocycles. The third-order valence-electron chi connectivity index (χ3n) is 2.65. The summed E-state index contributed by atoms with van der Waals surface area (Å²) in [5.74, 6) is -0.880. The molecule has 2 rings (SSSR count). The Morgan fingerprint density at radius 1 is 1.19 bits per heavy atom. The van der Waals surface area contributed by atoms with E-state index in [1.165, 1.54) is 0 Å². The highest BCUT2D eigenvalue weighted by atomic mass is 32.1. The molecule has 1 aliphatic rings. The molecule has 116 valence electrons. The zero-order valence-corrected chi connectivity index (χ0v) is 12.5. The number of thiophene rings is 1. The summed E-state index contributed by atoms with van der Waals surface area (Å²) < 4.78 is 20.8. The van der Waals surface area contributed by atoms with Crippen LogP contribution in [0.4, 0.5) is 0 Å². The van der Waals surface area contributed by atoms with Crippen molar-refractivity contribution in [3.63, 3.8) is 0 Å². The number of fused-ring (bicyclic) bond motifs is 1. The van der Waals surface area contributed by atoms with Gasteiger partial charge in [-0.15, -0.1) is 11.3 Å². The summed E-state index contributed by atoms with van der Waals surface area (Å²) in [7, 11) is 0. The molecular weight excluding hydrogens is 300 g/mol. The molecule has 0 saturated heterocycles. The first-order valence-corrected chi connectivity index (χ1v) is 7.35. The zero-order valence-electron chi connectivity index (χ0n) is 11.7. The summed E-state index contributed by atoms with van der Waals surface area (Å²) in [5.41, 5.74) is 0. The van der Waals surface area contributed by atoms with Crippen LogP contribution in [-0.4, -0.2) is 49.6 Å². The van der Waals surface area contributed by atoms with Gasteiger partial charge < -0.3 is 24.1 Å². The predicted octanol–water partition coefficient (Wildman–Crippen LogP) is 1.23. The van der Waals surface area contributed by atoms with Crippen LogP contribution >= 0.6 is 11.3 Å². The molecule has 1 aliphatic heterocycles. The maximum Gasteiger partial charge on any atom is 0.352 e. The van der Waals surface area contributed by atoms with Gasteiger partial charge in [0.1, 0.15) is 6.61 Å². The molecule has 8 heteroatoms. The molecule has 0 radical (unpaired) electrons. The fourth-order valence-electron chi connectivity index (χ4n) is 1.77. The summed E-state index contributed by atoms with van der Waals surface area (Å²) in [6.45, 7) is 3.60. The Bertz CT molecular complexity index is 537. The van der Waals surface area contributed by atoms with E-state index >= 15 is 0 Å². The summed E-state index contributed by atoms with van der Waals surface area (Å²) in [5, 5.41) is 9.14. The first-order valence-electron chi connectivity index (χ1n) is 6.53. The molecule has 1 aromatic heterocycles. The second kappa shape index (κ2) is 6.77. The number of carbonyl (C=O) groups excluding carboxylic acids is 2.